The molecule has 0 bridgehead atoms. The Morgan fingerprint density at radius 2 is 1.69 bits per heavy atom. The van der Waals surface area contributed by atoms with Crippen molar-refractivity contribution >= 4 is 31.1 Å². The van der Waals surface area contributed by atoms with Crippen LogP contribution >= 0.6 is 0 Å². The van der Waals surface area contributed by atoms with Gasteiger partial charge in [0.25, 0.3) is 11.8 Å². The summed E-state index contributed by atoms with van der Waals surface area (Å²) >= 11 is 0. The number of hydrogen-bond donors (Lipinski definition) is 0. The number of ether oxygens (including phenoxy) is 3. The van der Waals surface area contributed by atoms with Crippen LogP contribution in [0, 0.1) is 6.92 Å². The summed E-state index contributed by atoms with van der Waals surface area (Å²) in [7, 11) is 1.78. The Hall–Kier alpha value is -3.10. The van der Waals surface area contributed by atoms with Crippen molar-refractivity contribution < 1.29 is 23.8 Å². The van der Waals surface area contributed by atoms with Gasteiger partial charge in [-0.05, 0) is 35.7 Å². The van der Waals surface area contributed by atoms with Crippen molar-refractivity contribution in [1.29, 1.82) is 0 Å². The molecule has 35 heavy (non-hydrogen) atoms. The molecule has 0 N–H and O–H groups in total. The zero-order valence-corrected chi connectivity index (χ0v) is 22.4. The van der Waals surface area contributed by atoms with Crippen LogP contribution in [0.15, 0.2) is 42.6 Å². The Kier molecular flexibility index (Phi) is 7.05. The SMILES string of the molecule is COc1cc2c(cc1OC)N(COCC[Si](C)(C)C)C(=O)[C@@H]1CC(c3ccccc3C)=CN1C2=O. The maximum absolute atomic E-state index is 13.9. The van der Waals surface area contributed by atoms with Crippen molar-refractivity contribution in [3.05, 3.63) is 59.3 Å². The maximum Gasteiger partial charge on any atom is 0.260 e. The summed E-state index contributed by atoms with van der Waals surface area (Å²) in [5, 5.41) is 0. The molecule has 4 rings (SSSR count). The highest BCUT2D eigenvalue weighted by Gasteiger charge is 2.43. The summed E-state index contributed by atoms with van der Waals surface area (Å²) in [6.07, 6.45) is 2.27. The van der Waals surface area contributed by atoms with E-state index in [-0.39, 0.29) is 18.5 Å². The standard InChI is InChI=1S/C27H34N2O5Si/c1-18-9-7-8-10-20(18)19-13-23-27(31)29(17-34-11-12-35(4,5)6)22-15-25(33-3)24(32-2)14-21(22)26(30)28(23)16-19/h7-10,14-16,23H,11-13,17H2,1-6H3/t23-/m0/s1. The third-order valence-corrected chi connectivity index (χ3v) is 8.26. The van der Waals surface area contributed by atoms with Crippen LogP contribution in [-0.4, -0.2) is 58.4 Å². The van der Waals surface area contributed by atoms with E-state index < -0.39 is 14.1 Å². The first-order valence-electron chi connectivity index (χ1n) is 11.9. The molecule has 0 spiro atoms. The molecule has 2 aliphatic heterocycles. The van der Waals surface area contributed by atoms with E-state index in [1.807, 2.05) is 37.4 Å². The van der Waals surface area contributed by atoms with Crippen molar-refractivity contribution in [3.8, 4) is 11.5 Å². The van der Waals surface area contributed by atoms with E-state index in [9.17, 15) is 9.59 Å². The molecule has 2 amide bonds. The Labute approximate surface area is 208 Å². The third kappa shape index (κ3) is 4.99. The van der Waals surface area contributed by atoms with Gasteiger partial charge in [-0.15, -0.1) is 0 Å². The van der Waals surface area contributed by atoms with Crippen LogP contribution in [0.3, 0.4) is 0 Å². The second-order valence-corrected chi connectivity index (χ2v) is 15.9. The minimum absolute atomic E-state index is 0.0725. The fraction of sp³-hybridized carbons (Fsp3) is 0.407. The first-order chi connectivity index (χ1) is 16.6. The quantitative estimate of drug-likeness (QED) is 0.385. The van der Waals surface area contributed by atoms with E-state index >= 15 is 0 Å². The van der Waals surface area contributed by atoms with E-state index in [1.54, 1.807) is 21.9 Å². The summed E-state index contributed by atoms with van der Waals surface area (Å²) in [6.45, 7) is 9.53. The van der Waals surface area contributed by atoms with E-state index in [0.29, 0.717) is 35.8 Å². The first kappa shape index (κ1) is 25.0. The Morgan fingerprint density at radius 3 is 2.34 bits per heavy atom. The van der Waals surface area contributed by atoms with Gasteiger partial charge in [0.15, 0.2) is 11.5 Å². The number of nitrogens with zero attached hydrogens (tertiary/aromatic N) is 2. The molecular weight excluding hydrogens is 460 g/mol. The summed E-state index contributed by atoms with van der Waals surface area (Å²) in [5.41, 5.74) is 3.99. The van der Waals surface area contributed by atoms with Crippen LogP contribution in [0.2, 0.25) is 25.7 Å². The fourth-order valence-corrected chi connectivity index (χ4v) is 5.26. The van der Waals surface area contributed by atoms with Crippen molar-refractivity contribution in [2.75, 3.05) is 32.5 Å². The number of benzene rings is 2. The number of methoxy groups -OCH3 is 2. The largest absolute Gasteiger partial charge is 0.493 e. The number of hydrogen-bond acceptors (Lipinski definition) is 5. The highest BCUT2D eigenvalue weighted by atomic mass is 28.3. The van der Waals surface area contributed by atoms with Crippen molar-refractivity contribution in [3.63, 3.8) is 0 Å². The second-order valence-electron chi connectivity index (χ2n) is 10.2. The van der Waals surface area contributed by atoms with Crippen LogP contribution in [0.5, 0.6) is 11.5 Å². The predicted octanol–water partition coefficient (Wildman–Crippen LogP) is 4.93. The van der Waals surface area contributed by atoms with Gasteiger partial charge >= 0.3 is 0 Å². The molecule has 8 heteroatoms. The van der Waals surface area contributed by atoms with Gasteiger partial charge in [-0.2, -0.15) is 0 Å². The molecule has 2 heterocycles. The summed E-state index contributed by atoms with van der Waals surface area (Å²) in [5.74, 6) is 0.481. The number of rotatable bonds is 8. The number of fused-ring (bicyclic) bond motifs is 2. The minimum Gasteiger partial charge on any atom is -0.493 e. The third-order valence-electron chi connectivity index (χ3n) is 6.56. The van der Waals surface area contributed by atoms with E-state index in [2.05, 4.69) is 19.6 Å². The molecule has 186 valence electrons. The molecule has 0 unspecified atom stereocenters. The van der Waals surface area contributed by atoms with Crippen molar-refractivity contribution in [1.82, 2.24) is 4.90 Å². The Bertz CT molecular complexity index is 1170. The summed E-state index contributed by atoms with van der Waals surface area (Å²) < 4.78 is 16.9. The number of amides is 2. The second kappa shape index (κ2) is 9.87. The molecule has 0 radical (unpaired) electrons. The molecule has 0 saturated carbocycles. The highest BCUT2D eigenvalue weighted by molar-refractivity contribution is 6.76. The van der Waals surface area contributed by atoms with Gasteiger partial charge in [0.05, 0.1) is 25.5 Å². The smallest absolute Gasteiger partial charge is 0.260 e. The maximum atomic E-state index is 13.9. The van der Waals surface area contributed by atoms with Crippen LogP contribution in [-0.2, 0) is 9.53 Å². The molecule has 7 nitrogen and oxygen atoms in total. The van der Waals surface area contributed by atoms with Gasteiger partial charge in [0.1, 0.15) is 12.8 Å². The lowest BCUT2D eigenvalue weighted by atomic mass is 9.98. The average molecular weight is 495 g/mol. The molecule has 0 aliphatic carbocycles. The topological polar surface area (TPSA) is 68.3 Å². The molecule has 2 aromatic carbocycles. The highest BCUT2D eigenvalue weighted by Crippen LogP contribution is 2.42. The summed E-state index contributed by atoms with van der Waals surface area (Å²) in [6, 6.07) is 11.7. The van der Waals surface area contributed by atoms with Crippen LogP contribution in [0.25, 0.3) is 5.57 Å². The number of carbonyl (C=O) groups excluding carboxylic acids is 2. The summed E-state index contributed by atoms with van der Waals surface area (Å²) in [4.78, 5) is 30.8. The van der Waals surface area contributed by atoms with Crippen LogP contribution in [0.1, 0.15) is 27.9 Å². The van der Waals surface area contributed by atoms with Gasteiger partial charge < -0.3 is 19.1 Å². The predicted molar refractivity (Wildman–Crippen MR) is 140 cm³/mol. The molecule has 2 aromatic rings. The zero-order chi connectivity index (χ0) is 25.3. The van der Waals surface area contributed by atoms with Crippen LogP contribution < -0.4 is 14.4 Å². The number of anilines is 1. The minimum atomic E-state index is -1.29. The number of aryl methyl sites for hydroxylation is 1. The monoisotopic (exact) mass is 494 g/mol. The lowest BCUT2D eigenvalue weighted by Crippen LogP contribution is -2.45. The first-order valence-corrected chi connectivity index (χ1v) is 15.6. The average Bonchev–Trinajstić information content (AvgIpc) is 3.24. The molecule has 2 aliphatic rings. The van der Waals surface area contributed by atoms with Crippen LogP contribution in [0.4, 0.5) is 5.69 Å². The Balaban J connectivity index is 1.74. The molecule has 0 saturated heterocycles. The van der Waals surface area contributed by atoms with Gasteiger partial charge in [-0.1, -0.05) is 43.9 Å². The van der Waals surface area contributed by atoms with Gasteiger partial charge in [0.2, 0.25) is 0 Å². The zero-order valence-electron chi connectivity index (χ0n) is 21.4. The van der Waals surface area contributed by atoms with Gasteiger partial charge in [-0.3, -0.25) is 14.5 Å². The van der Waals surface area contributed by atoms with E-state index in [0.717, 1.165) is 22.7 Å². The Morgan fingerprint density at radius 1 is 1.00 bits per heavy atom. The van der Waals surface area contributed by atoms with Crippen molar-refractivity contribution in [2.24, 2.45) is 0 Å². The molecular formula is C27H34N2O5Si. The lowest BCUT2D eigenvalue weighted by molar-refractivity contribution is -0.122. The molecule has 1 atom stereocenters. The number of carbonyl (C=O) groups is 2. The fourth-order valence-electron chi connectivity index (χ4n) is 4.50. The van der Waals surface area contributed by atoms with E-state index in [1.165, 1.54) is 14.2 Å². The van der Waals surface area contributed by atoms with Crippen molar-refractivity contribution in [2.45, 2.75) is 45.1 Å². The molecule has 0 fully saturated rings. The molecule has 0 aromatic heterocycles. The lowest BCUT2D eigenvalue weighted by Gasteiger charge is -2.26. The van der Waals surface area contributed by atoms with Gasteiger partial charge in [0, 0.05) is 33.4 Å². The van der Waals surface area contributed by atoms with E-state index in [4.69, 9.17) is 14.2 Å². The van der Waals surface area contributed by atoms with Gasteiger partial charge in [-0.25, -0.2) is 0 Å². The normalized spacial score (nSPS) is 17.7.